The molecule has 0 saturated carbocycles. The van der Waals surface area contributed by atoms with Crippen LogP contribution in [-0.2, 0) is 9.59 Å². The summed E-state index contributed by atoms with van der Waals surface area (Å²) in [6, 6.07) is 0. The van der Waals surface area contributed by atoms with Crippen LogP contribution in [0.2, 0.25) is 0 Å². The number of aromatic nitrogens is 4. The molecule has 0 unspecified atom stereocenters. The standard InChI is InChI=1S/C6H4N4O2.C4H4O4/c11-5-3-1-7-2-8-4(3)9-6(12)10-5;5-3(6)1-2-4(7)8/h1-2H,(H2,7,8,9,10,11,12);1-2H,(H,5,6)(H,7,8)/b;2-1-. The molecule has 10 nitrogen and oxygen atoms in total. The minimum Gasteiger partial charge on any atom is -0.478 e. The number of carbonyl (C=O) groups is 2. The first kappa shape index (κ1) is 14.8. The molecule has 0 saturated heterocycles. The fraction of sp³-hybridized carbons (Fsp3) is 0. The lowest BCUT2D eigenvalue weighted by Crippen LogP contribution is -2.22. The molecule has 0 aromatic carbocycles. The Labute approximate surface area is 109 Å². The van der Waals surface area contributed by atoms with Gasteiger partial charge in [0.05, 0.1) is 0 Å². The highest BCUT2D eigenvalue weighted by Gasteiger charge is 1.98. The Morgan fingerprint density at radius 2 is 1.70 bits per heavy atom. The lowest BCUT2D eigenvalue weighted by molar-refractivity contribution is -0.134. The summed E-state index contributed by atoms with van der Waals surface area (Å²) in [5.74, 6) is -2.51. The second kappa shape index (κ2) is 6.58. The van der Waals surface area contributed by atoms with Crippen LogP contribution >= 0.6 is 0 Å². The van der Waals surface area contributed by atoms with E-state index in [1.807, 2.05) is 0 Å². The van der Waals surface area contributed by atoms with Crippen LogP contribution in [0.4, 0.5) is 0 Å². The van der Waals surface area contributed by atoms with Crippen molar-refractivity contribution in [2.24, 2.45) is 0 Å². The largest absolute Gasteiger partial charge is 0.478 e. The number of nitrogens with zero attached hydrogens (tertiary/aromatic N) is 2. The average molecular weight is 280 g/mol. The lowest BCUT2D eigenvalue weighted by atomic mass is 10.4. The Kier molecular flexibility index (Phi) is 4.86. The molecule has 0 bridgehead atoms. The van der Waals surface area contributed by atoms with Crippen molar-refractivity contribution in [1.82, 2.24) is 19.9 Å². The molecule has 10 heteroatoms. The topological polar surface area (TPSA) is 166 Å². The lowest BCUT2D eigenvalue weighted by Gasteiger charge is -1.91. The Morgan fingerprint density at radius 3 is 2.25 bits per heavy atom. The number of fused-ring (bicyclic) bond motifs is 1. The molecule has 2 aromatic heterocycles. The predicted molar refractivity (Wildman–Crippen MR) is 65.2 cm³/mol. The smallest absolute Gasteiger partial charge is 0.328 e. The van der Waals surface area contributed by atoms with Gasteiger partial charge in [0.1, 0.15) is 17.4 Å². The fourth-order valence-electron chi connectivity index (χ4n) is 1.05. The minimum absolute atomic E-state index is 0.249. The maximum absolute atomic E-state index is 11.0. The summed E-state index contributed by atoms with van der Waals surface area (Å²) < 4.78 is 0. The minimum atomic E-state index is -1.26. The molecule has 0 aliphatic rings. The van der Waals surface area contributed by atoms with Crippen LogP contribution in [0.25, 0.3) is 11.0 Å². The molecule has 0 fully saturated rings. The van der Waals surface area contributed by atoms with Crippen LogP contribution in [0, 0.1) is 0 Å². The first-order valence-electron chi connectivity index (χ1n) is 4.96. The average Bonchev–Trinajstić information content (AvgIpc) is 2.37. The van der Waals surface area contributed by atoms with E-state index in [-0.39, 0.29) is 11.0 Å². The van der Waals surface area contributed by atoms with Crippen LogP contribution in [0.5, 0.6) is 0 Å². The van der Waals surface area contributed by atoms with Crippen LogP contribution in [-0.4, -0.2) is 42.1 Å². The molecule has 0 spiro atoms. The van der Waals surface area contributed by atoms with Gasteiger partial charge >= 0.3 is 17.6 Å². The summed E-state index contributed by atoms with van der Waals surface area (Å²) in [4.78, 5) is 52.7. The monoisotopic (exact) mass is 280 g/mol. The van der Waals surface area contributed by atoms with Gasteiger partial charge in [0.2, 0.25) is 0 Å². The molecule has 2 heterocycles. The molecular weight excluding hydrogens is 272 g/mol. The van der Waals surface area contributed by atoms with E-state index >= 15 is 0 Å². The van der Waals surface area contributed by atoms with Crippen LogP contribution < -0.4 is 11.2 Å². The summed E-state index contributed by atoms with van der Waals surface area (Å²) in [6.07, 6.45) is 3.72. The summed E-state index contributed by atoms with van der Waals surface area (Å²) in [7, 11) is 0. The van der Waals surface area contributed by atoms with E-state index in [2.05, 4.69) is 19.9 Å². The number of H-pyrrole nitrogens is 2. The quantitative estimate of drug-likeness (QED) is 0.493. The van der Waals surface area contributed by atoms with Gasteiger partial charge < -0.3 is 10.2 Å². The number of hydrogen-bond donors (Lipinski definition) is 4. The highest BCUT2D eigenvalue weighted by molar-refractivity contribution is 5.89. The van der Waals surface area contributed by atoms with Crippen LogP contribution in [0.15, 0.2) is 34.3 Å². The Hall–Kier alpha value is -3.30. The molecule has 4 N–H and O–H groups in total. The fourth-order valence-corrected chi connectivity index (χ4v) is 1.05. The van der Waals surface area contributed by atoms with E-state index in [0.29, 0.717) is 12.2 Å². The van der Waals surface area contributed by atoms with E-state index in [1.165, 1.54) is 12.5 Å². The second-order valence-electron chi connectivity index (χ2n) is 3.20. The van der Waals surface area contributed by atoms with Crippen molar-refractivity contribution in [3.63, 3.8) is 0 Å². The van der Waals surface area contributed by atoms with Gasteiger partial charge in [-0.2, -0.15) is 0 Å². The van der Waals surface area contributed by atoms with Gasteiger partial charge in [-0.05, 0) is 0 Å². The van der Waals surface area contributed by atoms with E-state index in [1.54, 1.807) is 0 Å². The maximum Gasteiger partial charge on any atom is 0.328 e. The molecule has 0 aliphatic carbocycles. The van der Waals surface area contributed by atoms with Crippen molar-refractivity contribution in [2.75, 3.05) is 0 Å². The molecule has 2 aromatic rings. The Bertz CT molecular complexity index is 759. The van der Waals surface area contributed by atoms with Gasteiger partial charge in [0, 0.05) is 18.3 Å². The molecule has 20 heavy (non-hydrogen) atoms. The number of nitrogens with one attached hydrogen (secondary N) is 2. The summed E-state index contributed by atoms with van der Waals surface area (Å²) in [6.45, 7) is 0. The van der Waals surface area contributed by atoms with Crippen molar-refractivity contribution in [3.05, 3.63) is 45.5 Å². The summed E-state index contributed by atoms with van der Waals surface area (Å²) >= 11 is 0. The van der Waals surface area contributed by atoms with Gasteiger partial charge in [-0.25, -0.2) is 24.4 Å². The third kappa shape index (κ3) is 4.52. The van der Waals surface area contributed by atoms with Gasteiger partial charge in [0.25, 0.3) is 5.56 Å². The van der Waals surface area contributed by atoms with Crippen molar-refractivity contribution in [1.29, 1.82) is 0 Å². The number of rotatable bonds is 2. The summed E-state index contributed by atoms with van der Waals surface area (Å²) in [5, 5.41) is 15.9. The van der Waals surface area contributed by atoms with Gasteiger partial charge in [-0.15, -0.1) is 0 Å². The molecular formula is C10H8N4O6. The SMILES string of the molecule is O=C(O)/C=C\C(=O)O.O=c1[nH]c(=O)c2cncnc2[nH]1. The maximum atomic E-state index is 11.0. The first-order chi connectivity index (χ1) is 9.40. The number of carboxylic acids is 2. The van der Waals surface area contributed by atoms with Crippen molar-refractivity contribution in [3.8, 4) is 0 Å². The Morgan fingerprint density at radius 1 is 1.10 bits per heavy atom. The van der Waals surface area contributed by atoms with Gasteiger partial charge in [-0.3, -0.25) is 14.8 Å². The van der Waals surface area contributed by atoms with Crippen molar-refractivity contribution < 1.29 is 19.8 Å². The zero-order chi connectivity index (χ0) is 15.1. The van der Waals surface area contributed by atoms with Gasteiger partial charge in [-0.1, -0.05) is 0 Å². The van der Waals surface area contributed by atoms with E-state index in [9.17, 15) is 19.2 Å². The molecule has 0 aliphatic heterocycles. The number of hydrogen-bond acceptors (Lipinski definition) is 6. The van der Waals surface area contributed by atoms with E-state index in [4.69, 9.17) is 10.2 Å². The molecule has 0 amide bonds. The third-order valence-corrected chi connectivity index (χ3v) is 1.78. The van der Waals surface area contributed by atoms with Crippen LogP contribution in [0.1, 0.15) is 0 Å². The second-order valence-corrected chi connectivity index (χ2v) is 3.20. The van der Waals surface area contributed by atoms with Crippen molar-refractivity contribution in [2.45, 2.75) is 0 Å². The number of carboxylic acid groups (broad SMARTS) is 2. The number of aliphatic carboxylic acids is 2. The Balaban J connectivity index is 0.000000221. The molecule has 0 radical (unpaired) electrons. The van der Waals surface area contributed by atoms with Crippen molar-refractivity contribution >= 4 is 23.0 Å². The zero-order valence-corrected chi connectivity index (χ0v) is 9.73. The predicted octanol–water partition coefficient (Wildman–Crippen LogP) is -1.28. The normalized spacial score (nSPS) is 10.0. The van der Waals surface area contributed by atoms with Gasteiger partial charge in [0.15, 0.2) is 0 Å². The summed E-state index contributed by atoms with van der Waals surface area (Å²) in [5.41, 5.74) is -0.792. The molecule has 0 atom stereocenters. The first-order valence-corrected chi connectivity index (χ1v) is 4.96. The van der Waals surface area contributed by atoms with E-state index in [0.717, 1.165) is 0 Å². The van der Waals surface area contributed by atoms with Crippen LogP contribution in [0.3, 0.4) is 0 Å². The third-order valence-electron chi connectivity index (χ3n) is 1.78. The highest BCUT2D eigenvalue weighted by atomic mass is 16.4. The highest BCUT2D eigenvalue weighted by Crippen LogP contribution is 1.93. The molecule has 2 rings (SSSR count). The zero-order valence-electron chi connectivity index (χ0n) is 9.73. The number of aromatic amines is 2. The van der Waals surface area contributed by atoms with E-state index < -0.39 is 23.2 Å². The molecule has 104 valence electrons.